The molecule has 1 N–H and O–H groups in total. The summed E-state index contributed by atoms with van der Waals surface area (Å²) in [6, 6.07) is -1.42. The number of hydrogen-bond acceptors (Lipinski definition) is 3. The lowest BCUT2D eigenvalue weighted by Crippen LogP contribution is -2.30. The molecule has 0 radical (unpaired) electrons. The molecule has 6 heteroatoms. The van der Waals surface area contributed by atoms with Crippen LogP contribution in [0.4, 0.5) is 0 Å². The molecule has 0 saturated carbocycles. The minimum atomic E-state index is -1.42. The molecule has 1 aliphatic rings. The normalized spacial score (nSPS) is 23.2. The van der Waals surface area contributed by atoms with Gasteiger partial charge in [-0.05, 0) is 0 Å². The first-order valence-electron chi connectivity index (χ1n) is 2.65. The summed E-state index contributed by atoms with van der Waals surface area (Å²) in [5, 5.41) is 8.26. The maximum absolute atomic E-state index is 10.7. The second kappa shape index (κ2) is 2.79. The highest BCUT2D eigenvalue weighted by molar-refractivity contribution is 6.80. The monoisotopic (exact) mass is 174 g/mol. The molecule has 0 aromatic rings. The van der Waals surface area contributed by atoms with E-state index in [1.807, 2.05) is 0 Å². The molecule has 0 bridgehead atoms. The van der Waals surface area contributed by atoms with E-state index in [0.29, 0.717) is 0 Å². The van der Waals surface area contributed by atoms with Crippen LogP contribution in [-0.4, -0.2) is 34.4 Å². The van der Waals surface area contributed by atoms with Crippen molar-refractivity contribution in [3.8, 4) is 0 Å². The molecule has 58 valence electrons. The molecular weight excluding hydrogens is 172 g/mol. The maximum Gasteiger partial charge on any atom is 0.338 e. The fourth-order valence-electron chi connectivity index (χ4n) is 0.564. The fraction of sp³-hybridized carbons (Fsp3) is 0.200. The Balaban J connectivity index is 2.86. The quantitative estimate of drug-likeness (QED) is 0.554. The van der Waals surface area contributed by atoms with E-state index in [1.54, 1.807) is 0 Å². The highest BCUT2D eigenvalue weighted by atomic mass is 35.5. The largest absolute Gasteiger partial charge is 0.479 e. The second-order valence-corrected chi connectivity index (χ2v) is 2.18. The number of carboxylic acids is 1. The van der Waals surface area contributed by atoms with Gasteiger partial charge in [-0.25, -0.2) is 4.79 Å². The lowest BCUT2D eigenvalue weighted by Gasteiger charge is -2.05. The van der Waals surface area contributed by atoms with E-state index in [-0.39, 0.29) is 5.17 Å². The van der Waals surface area contributed by atoms with Crippen molar-refractivity contribution in [2.45, 2.75) is 6.04 Å². The Labute approximate surface area is 66.4 Å². The minimum absolute atomic E-state index is 0.0903. The number of carboxylic acid groups (broad SMARTS) is 1. The van der Waals surface area contributed by atoms with Crippen LogP contribution >= 0.6 is 11.6 Å². The molecule has 1 amide bonds. The third-order valence-corrected chi connectivity index (χ3v) is 1.20. The first-order chi connectivity index (χ1) is 5.11. The van der Waals surface area contributed by atoms with E-state index in [1.165, 1.54) is 0 Å². The summed E-state index contributed by atoms with van der Waals surface area (Å²) in [6.45, 7) is 0. The van der Waals surface area contributed by atoms with Crippen LogP contribution in [0, 0.1) is 0 Å². The van der Waals surface area contributed by atoms with Crippen molar-refractivity contribution >= 4 is 34.9 Å². The minimum Gasteiger partial charge on any atom is -0.479 e. The number of carbonyl (C=O) groups excluding carboxylic acids is 1. The van der Waals surface area contributed by atoms with Crippen LogP contribution in [0.5, 0.6) is 0 Å². The number of aliphatic carboxylic acids is 1. The molecule has 0 fully saturated rings. The van der Waals surface area contributed by atoms with Gasteiger partial charge in [0.2, 0.25) is 6.04 Å². The molecule has 1 unspecified atom stereocenters. The number of aliphatic imine (C=N–C) groups is 2. The zero-order valence-corrected chi connectivity index (χ0v) is 5.95. The molecular formula is C5H3ClN2O3. The summed E-state index contributed by atoms with van der Waals surface area (Å²) in [4.78, 5) is 27.5. The van der Waals surface area contributed by atoms with Gasteiger partial charge in [0.1, 0.15) is 0 Å². The number of hydrogen-bond donors (Lipinski definition) is 1. The van der Waals surface area contributed by atoms with Gasteiger partial charge in [-0.2, -0.15) is 4.99 Å². The van der Waals surface area contributed by atoms with Crippen molar-refractivity contribution < 1.29 is 14.7 Å². The van der Waals surface area contributed by atoms with E-state index < -0.39 is 17.9 Å². The molecule has 1 atom stereocenters. The molecule has 0 aromatic carbocycles. The molecule has 1 aliphatic heterocycles. The van der Waals surface area contributed by atoms with Gasteiger partial charge in [0.25, 0.3) is 5.91 Å². The smallest absolute Gasteiger partial charge is 0.338 e. The Hall–Kier alpha value is -1.23. The van der Waals surface area contributed by atoms with E-state index in [0.717, 1.165) is 6.21 Å². The summed E-state index contributed by atoms with van der Waals surface area (Å²) >= 11 is 5.27. The zero-order valence-electron chi connectivity index (χ0n) is 5.19. The Bertz CT molecular complexity index is 271. The number of carbonyl (C=O) groups is 2. The van der Waals surface area contributed by atoms with Crippen molar-refractivity contribution in [3.63, 3.8) is 0 Å². The molecule has 0 aromatic heterocycles. The van der Waals surface area contributed by atoms with Crippen LogP contribution in [0.1, 0.15) is 0 Å². The predicted molar refractivity (Wildman–Crippen MR) is 38.2 cm³/mol. The Morgan fingerprint density at radius 2 is 2.36 bits per heavy atom. The summed E-state index contributed by atoms with van der Waals surface area (Å²) in [7, 11) is 0. The summed E-state index contributed by atoms with van der Waals surface area (Å²) in [6.07, 6.45) is 1.04. The van der Waals surface area contributed by atoms with Crippen molar-refractivity contribution in [3.05, 3.63) is 0 Å². The Morgan fingerprint density at radius 1 is 1.73 bits per heavy atom. The number of nitrogens with zero attached hydrogens (tertiary/aromatic N) is 2. The van der Waals surface area contributed by atoms with Crippen LogP contribution in [0.25, 0.3) is 0 Å². The first kappa shape index (κ1) is 7.87. The molecule has 1 heterocycles. The lowest BCUT2D eigenvalue weighted by atomic mass is 10.3. The average molecular weight is 175 g/mol. The van der Waals surface area contributed by atoms with E-state index in [4.69, 9.17) is 16.7 Å². The van der Waals surface area contributed by atoms with Crippen LogP contribution in [0.2, 0.25) is 0 Å². The Kier molecular flexibility index (Phi) is 2.00. The average Bonchev–Trinajstić information content (AvgIpc) is 1.85. The summed E-state index contributed by atoms with van der Waals surface area (Å²) in [5.74, 6) is -2.16. The molecule has 0 saturated heterocycles. The van der Waals surface area contributed by atoms with Gasteiger partial charge in [-0.15, -0.1) is 0 Å². The number of halogens is 1. The fourth-order valence-corrected chi connectivity index (χ4v) is 0.704. The predicted octanol–water partition coefficient (Wildman–Crippen LogP) is -0.312. The lowest BCUT2D eigenvalue weighted by molar-refractivity contribution is -0.141. The van der Waals surface area contributed by atoms with Crippen LogP contribution < -0.4 is 0 Å². The van der Waals surface area contributed by atoms with Gasteiger partial charge in [-0.1, -0.05) is 11.6 Å². The van der Waals surface area contributed by atoms with E-state index in [2.05, 4.69) is 9.98 Å². The van der Waals surface area contributed by atoms with Crippen molar-refractivity contribution in [2.75, 3.05) is 0 Å². The van der Waals surface area contributed by atoms with Crippen molar-refractivity contribution in [1.29, 1.82) is 0 Å². The molecule has 11 heavy (non-hydrogen) atoms. The maximum atomic E-state index is 10.7. The molecule has 0 spiro atoms. The van der Waals surface area contributed by atoms with Gasteiger partial charge in [0.05, 0.1) is 6.21 Å². The molecule has 1 rings (SSSR count). The topological polar surface area (TPSA) is 79.1 Å². The van der Waals surface area contributed by atoms with Crippen LogP contribution in [0.3, 0.4) is 0 Å². The first-order valence-corrected chi connectivity index (χ1v) is 3.03. The van der Waals surface area contributed by atoms with Gasteiger partial charge >= 0.3 is 5.97 Å². The second-order valence-electron chi connectivity index (χ2n) is 1.79. The third-order valence-electron chi connectivity index (χ3n) is 1.01. The van der Waals surface area contributed by atoms with E-state index >= 15 is 0 Å². The highest BCUT2D eigenvalue weighted by Gasteiger charge is 2.27. The summed E-state index contributed by atoms with van der Waals surface area (Å²) < 4.78 is 0. The zero-order chi connectivity index (χ0) is 8.43. The van der Waals surface area contributed by atoms with Crippen molar-refractivity contribution in [2.24, 2.45) is 9.98 Å². The van der Waals surface area contributed by atoms with Crippen molar-refractivity contribution in [1.82, 2.24) is 0 Å². The standard InChI is InChI=1S/C5H3ClN2O3/c6-2-1-7-3(5(10)11)4(9)8-2/h1,3H,(H,10,11). The van der Waals surface area contributed by atoms with Gasteiger partial charge in [0, 0.05) is 0 Å². The molecule has 5 nitrogen and oxygen atoms in total. The highest BCUT2D eigenvalue weighted by Crippen LogP contribution is 2.01. The van der Waals surface area contributed by atoms with E-state index in [9.17, 15) is 9.59 Å². The van der Waals surface area contributed by atoms with Gasteiger partial charge in [-0.3, -0.25) is 9.79 Å². The van der Waals surface area contributed by atoms with Gasteiger partial charge < -0.3 is 5.11 Å². The molecule has 0 aliphatic carbocycles. The van der Waals surface area contributed by atoms with Crippen LogP contribution in [0.15, 0.2) is 9.98 Å². The Morgan fingerprint density at radius 3 is 2.82 bits per heavy atom. The number of rotatable bonds is 1. The van der Waals surface area contributed by atoms with Gasteiger partial charge in [0.15, 0.2) is 5.17 Å². The number of amides is 1. The summed E-state index contributed by atoms with van der Waals surface area (Å²) in [5.41, 5.74) is 0. The van der Waals surface area contributed by atoms with Crippen LogP contribution in [-0.2, 0) is 9.59 Å². The SMILES string of the molecule is O=C(O)C1N=CC(Cl)=NC1=O. The third kappa shape index (κ3) is 1.62.